The molecule has 3 amide bonds. The lowest BCUT2D eigenvalue weighted by Gasteiger charge is -2.33. The molecule has 3 rings (SSSR count). The topological polar surface area (TPSA) is 90.2 Å². The molecule has 1 fully saturated rings. The molecule has 2 aliphatic rings. The van der Waals surface area contributed by atoms with Crippen LogP contribution in [0.25, 0.3) is 0 Å². The number of carbonyl (C=O) groups is 3. The van der Waals surface area contributed by atoms with Gasteiger partial charge in [0.05, 0.1) is 12.2 Å². The normalized spacial score (nSPS) is 19.1. The van der Waals surface area contributed by atoms with Crippen LogP contribution in [0.2, 0.25) is 5.02 Å². The quantitative estimate of drug-likeness (QED) is 0.605. The molecule has 9 heteroatoms. The molecule has 1 saturated heterocycles. The van der Waals surface area contributed by atoms with E-state index in [-0.39, 0.29) is 29.6 Å². The lowest BCUT2D eigenvalue weighted by Crippen LogP contribution is -2.47. The predicted octanol–water partition coefficient (Wildman–Crippen LogP) is 3.36. The van der Waals surface area contributed by atoms with Crippen LogP contribution in [0.4, 0.5) is 5.69 Å². The van der Waals surface area contributed by atoms with Gasteiger partial charge in [-0.2, -0.15) is 0 Å². The highest BCUT2D eigenvalue weighted by atomic mass is 35.5. The van der Waals surface area contributed by atoms with Crippen molar-refractivity contribution >= 4 is 35.0 Å². The third kappa shape index (κ3) is 8.42. The molecule has 2 N–H and O–H groups in total. The van der Waals surface area contributed by atoms with Crippen molar-refractivity contribution < 1.29 is 14.4 Å². The lowest BCUT2D eigenvalue weighted by atomic mass is 9.96. The molecule has 37 heavy (non-hydrogen) atoms. The molecule has 2 heterocycles. The molecular formula is C28H44ClN5O3. The first kappa shape index (κ1) is 29.4. The number of anilines is 1. The van der Waals surface area contributed by atoms with Crippen molar-refractivity contribution in [3.63, 3.8) is 0 Å². The van der Waals surface area contributed by atoms with Crippen molar-refractivity contribution in [1.29, 1.82) is 0 Å². The number of likely N-dealkylation sites (tertiary alicyclic amines) is 1. The van der Waals surface area contributed by atoms with E-state index in [1.807, 2.05) is 28.0 Å². The van der Waals surface area contributed by atoms with Gasteiger partial charge < -0.3 is 15.5 Å². The third-order valence-corrected chi connectivity index (χ3v) is 7.73. The fraction of sp³-hybridized carbons (Fsp3) is 0.679. The van der Waals surface area contributed by atoms with Gasteiger partial charge in [-0.15, -0.1) is 0 Å². The molecule has 0 atom stereocenters. The van der Waals surface area contributed by atoms with Gasteiger partial charge in [-0.05, 0) is 69.8 Å². The van der Waals surface area contributed by atoms with Gasteiger partial charge in [0.2, 0.25) is 17.7 Å². The first-order chi connectivity index (χ1) is 17.5. The van der Waals surface area contributed by atoms with E-state index in [1.165, 1.54) is 0 Å². The third-order valence-electron chi connectivity index (χ3n) is 7.50. The highest BCUT2D eigenvalue weighted by Crippen LogP contribution is 2.29. The average Bonchev–Trinajstić information content (AvgIpc) is 2.86. The summed E-state index contributed by atoms with van der Waals surface area (Å²) in [5.41, 5.74) is 7.21. The number of primary amides is 1. The number of carbonyl (C=O) groups excluding carboxylic acids is 3. The summed E-state index contributed by atoms with van der Waals surface area (Å²) in [6.07, 6.45) is 2.69. The smallest absolute Gasteiger partial charge is 0.237 e. The molecule has 8 nitrogen and oxygen atoms in total. The zero-order valence-electron chi connectivity index (χ0n) is 22.9. The van der Waals surface area contributed by atoms with Crippen LogP contribution in [0.15, 0.2) is 18.2 Å². The number of nitrogens with two attached hydrogens (primary N) is 1. The molecule has 2 aliphatic heterocycles. The Bertz CT molecular complexity index is 946. The van der Waals surface area contributed by atoms with Crippen LogP contribution in [0.1, 0.15) is 58.9 Å². The Hall–Kier alpha value is -2.16. The molecule has 1 aromatic rings. The second-order valence-electron chi connectivity index (χ2n) is 11.2. The lowest BCUT2D eigenvalue weighted by molar-refractivity contribution is -0.133. The van der Waals surface area contributed by atoms with Crippen molar-refractivity contribution in [3.8, 4) is 0 Å². The number of halogens is 1. The number of rotatable bonds is 6. The van der Waals surface area contributed by atoms with Gasteiger partial charge in [-0.1, -0.05) is 31.5 Å². The predicted molar refractivity (Wildman–Crippen MR) is 148 cm³/mol. The average molecular weight is 534 g/mol. The van der Waals surface area contributed by atoms with Crippen LogP contribution in [0, 0.1) is 11.8 Å². The Morgan fingerprint density at radius 1 is 0.973 bits per heavy atom. The monoisotopic (exact) mass is 533 g/mol. The number of hydrogen-bond acceptors (Lipinski definition) is 5. The van der Waals surface area contributed by atoms with Gasteiger partial charge in [0, 0.05) is 56.1 Å². The van der Waals surface area contributed by atoms with Crippen molar-refractivity contribution in [1.82, 2.24) is 14.7 Å². The van der Waals surface area contributed by atoms with Gasteiger partial charge in [0.25, 0.3) is 0 Å². The molecule has 0 radical (unpaired) electrons. The highest BCUT2D eigenvalue weighted by Gasteiger charge is 2.28. The first-order valence-electron chi connectivity index (χ1n) is 13.7. The van der Waals surface area contributed by atoms with Crippen LogP contribution >= 0.6 is 11.6 Å². The maximum absolute atomic E-state index is 13.6. The van der Waals surface area contributed by atoms with Gasteiger partial charge in [-0.25, -0.2) is 0 Å². The van der Waals surface area contributed by atoms with Crippen LogP contribution < -0.4 is 10.6 Å². The fourth-order valence-electron chi connectivity index (χ4n) is 5.23. The summed E-state index contributed by atoms with van der Waals surface area (Å²) < 4.78 is 0. The summed E-state index contributed by atoms with van der Waals surface area (Å²) in [7, 11) is 0. The summed E-state index contributed by atoms with van der Waals surface area (Å²) in [6.45, 7) is 13.4. The molecule has 0 aliphatic carbocycles. The van der Waals surface area contributed by atoms with Crippen molar-refractivity contribution in [2.45, 2.75) is 66.0 Å². The number of benzene rings is 1. The van der Waals surface area contributed by atoms with E-state index in [0.29, 0.717) is 69.6 Å². The molecule has 1 aromatic carbocycles. The number of piperidine rings is 1. The first-order valence-corrected chi connectivity index (χ1v) is 14.0. The molecule has 206 valence electrons. The maximum atomic E-state index is 13.6. The Kier molecular flexibility index (Phi) is 10.8. The summed E-state index contributed by atoms with van der Waals surface area (Å²) >= 11 is 6.41. The van der Waals surface area contributed by atoms with Crippen LogP contribution in [-0.4, -0.2) is 84.3 Å². The Morgan fingerprint density at radius 2 is 1.68 bits per heavy atom. The largest absolute Gasteiger partial charge is 0.369 e. The Morgan fingerprint density at radius 3 is 2.30 bits per heavy atom. The summed E-state index contributed by atoms with van der Waals surface area (Å²) in [5.74, 6) is 0.0381. The second kappa shape index (κ2) is 13.6. The standard InChI is InChI=1S/C28H44ClN5O3/c1-20(2)16-26(35)34-11-5-10-32(21(3)4)14-15-33(18-23-6-7-24(29)17-25(23)34)27(36)19-31-12-8-22(9-13-31)28(30)37/h6-7,17,20-22H,5,8-16,18-19H2,1-4H3,(H2,30,37). The highest BCUT2D eigenvalue weighted by molar-refractivity contribution is 6.31. The molecular weight excluding hydrogens is 490 g/mol. The van der Waals surface area contributed by atoms with Gasteiger partial charge in [0.15, 0.2) is 0 Å². The minimum atomic E-state index is -0.251. The molecule has 0 spiro atoms. The van der Waals surface area contributed by atoms with Crippen molar-refractivity contribution in [2.75, 3.05) is 50.7 Å². The van der Waals surface area contributed by atoms with Crippen LogP contribution in [0.5, 0.6) is 0 Å². The van der Waals surface area contributed by atoms with Crippen LogP contribution in [0.3, 0.4) is 0 Å². The van der Waals surface area contributed by atoms with E-state index >= 15 is 0 Å². The fourth-order valence-corrected chi connectivity index (χ4v) is 5.40. The summed E-state index contributed by atoms with van der Waals surface area (Å²) in [5, 5.41) is 0.579. The minimum Gasteiger partial charge on any atom is -0.369 e. The Labute approximate surface area is 227 Å². The van der Waals surface area contributed by atoms with Gasteiger partial charge in [-0.3, -0.25) is 24.2 Å². The molecule has 0 saturated carbocycles. The number of amides is 3. The van der Waals surface area contributed by atoms with Gasteiger partial charge >= 0.3 is 0 Å². The van der Waals surface area contributed by atoms with Gasteiger partial charge in [0.1, 0.15) is 0 Å². The second-order valence-corrected chi connectivity index (χ2v) is 11.6. The summed E-state index contributed by atoms with van der Waals surface area (Å²) in [6, 6.07) is 5.99. The van der Waals surface area contributed by atoms with E-state index in [4.69, 9.17) is 17.3 Å². The zero-order valence-corrected chi connectivity index (χ0v) is 23.7. The molecule has 0 bridgehead atoms. The SMILES string of the molecule is CC(C)CC(=O)N1CCCN(C(C)C)CCN(C(=O)CN2CCC(C(N)=O)CC2)Cc2ccc(Cl)cc21. The minimum absolute atomic E-state index is 0.0569. The van der Waals surface area contributed by atoms with Crippen molar-refractivity contribution in [3.05, 3.63) is 28.8 Å². The molecule has 0 aromatic heterocycles. The van der Waals surface area contributed by atoms with E-state index in [1.54, 1.807) is 0 Å². The van der Waals surface area contributed by atoms with E-state index in [0.717, 1.165) is 30.8 Å². The number of hydrogen-bond donors (Lipinski definition) is 1. The maximum Gasteiger partial charge on any atom is 0.237 e. The Balaban J connectivity index is 1.87. The molecule has 0 unspecified atom stereocenters. The number of fused-ring (bicyclic) bond motifs is 1. The van der Waals surface area contributed by atoms with E-state index in [9.17, 15) is 14.4 Å². The van der Waals surface area contributed by atoms with E-state index < -0.39 is 0 Å². The number of nitrogens with zero attached hydrogens (tertiary/aromatic N) is 4. The van der Waals surface area contributed by atoms with Crippen molar-refractivity contribution in [2.24, 2.45) is 17.6 Å². The van der Waals surface area contributed by atoms with E-state index in [2.05, 4.69) is 37.5 Å². The zero-order chi connectivity index (χ0) is 27.1. The van der Waals surface area contributed by atoms with Crippen LogP contribution in [-0.2, 0) is 20.9 Å². The summed E-state index contributed by atoms with van der Waals surface area (Å²) in [4.78, 5) is 46.8.